The van der Waals surface area contributed by atoms with Gasteiger partial charge >= 0.3 is 6.18 Å². The lowest BCUT2D eigenvalue weighted by atomic mass is 10.1. The number of rotatable bonds is 8. The summed E-state index contributed by atoms with van der Waals surface area (Å²) in [5.41, 5.74) is 0.686. The zero-order valence-corrected chi connectivity index (χ0v) is 15.3. The van der Waals surface area contributed by atoms with Crippen molar-refractivity contribution in [2.75, 3.05) is 13.2 Å². The molecule has 3 atom stereocenters. The summed E-state index contributed by atoms with van der Waals surface area (Å²) in [4.78, 5) is 16.2. The number of hydrogen-bond acceptors (Lipinski definition) is 4. The maximum absolute atomic E-state index is 12.4. The summed E-state index contributed by atoms with van der Waals surface area (Å²) in [5, 5.41) is 2.91. The molecule has 0 unspecified atom stereocenters. The van der Waals surface area contributed by atoms with Crippen LogP contribution in [0.5, 0.6) is 11.6 Å². The van der Waals surface area contributed by atoms with E-state index in [4.69, 9.17) is 4.74 Å². The van der Waals surface area contributed by atoms with Crippen molar-refractivity contribution in [3.63, 3.8) is 0 Å². The second-order valence-corrected chi connectivity index (χ2v) is 6.79. The number of ether oxygens (including phenoxy) is 2. The molecule has 28 heavy (non-hydrogen) atoms. The lowest BCUT2D eigenvalue weighted by Crippen LogP contribution is -2.29. The third-order valence-corrected chi connectivity index (χ3v) is 4.47. The minimum absolute atomic E-state index is 0.0634. The van der Waals surface area contributed by atoms with E-state index in [1.165, 1.54) is 12.3 Å². The van der Waals surface area contributed by atoms with Crippen molar-refractivity contribution in [2.24, 2.45) is 11.8 Å². The zero-order valence-electron chi connectivity index (χ0n) is 15.3. The molecule has 0 aliphatic heterocycles. The third-order valence-electron chi connectivity index (χ3n) is 4.47. The molecule has 1 N–H and O–H groups in total. The van der Waals surface area contributed by atoms with Crippen molar-refractivity contribution >= 4 is 5.91 Å². The van der Waals surface area contributed by atoms with Gasteiger partial charge in [0, 0.05) is 24.1 Å². The Hall–Kier alpha value is -2.77. The molecule has 1 aromatic carbocycles. The molecule has 1 saturated carbocycles. The molecule has 0 spiro atoms. The van der Waals surface area contributed by atoms with E-state index in [1.807, 2.05) is 30.3 Å². The highest BCUT2D eigenvalue weighted by Gasteiger charge is 2.43. The Bertz CT molecular complexity index is 782. The van der Waals surface area contributed by atoms with Crippen LogP contribution in [0.3, 0.4) is 0 Å². The summed E-state index contributed by atoms with van der Waals surface area (Å²) in [6.45, 7) is 0.895. The smallest absolute Gasteiger partial charge is 0.422 e. The second-order valence-electron chi connectivity index (χ2n) is 6.79. The number of benzene rings is 1. The molecule has 1 aromatic heterocycles. The van der Waals surface area contributed by atoms with Crippen LogP contribution in [-0.4, -0.2) is 30.3 Å². The Kier molecular flexibility index (Phi) is 6.06. The molecule has 2 aromatic rings. The van der Waals surface area contributed by atoms with Gasteiger partial charge in [0.1, 0.15) is 5.75 Å². The summed E-state index contributed by atoms with van der Waals surface area (Å²) in [5.74, 6) is 0.699. The fourth-order valence-electron chi connectivity index (χ4n) is 2.77. The molecule has 5 nitrogen and oxygen atoms in total. The first-order chi connectivity index (χ1) is 13.3. The first kappa shape index (κ1) is 20.0. The number of nitrogens with one attached hydrogen (secondary N) is 1. The van der Waals surface area contributed by atoms with Crippen LogP contribution in [0.15, 0.2) is 48.7 Å². The molecule has 1 aliphatic rings. The molecule has 1 fully saturated rings. The molecule has 8 heteroatoms. The standard InChI is InChI=1S/C20H21F3N2O3/c1-13(14-7-8-18(24-10-14)28-12-20(21,22)23)25-19(26)17-9-15(17)11-27-16-5-3-2-4-6-16/h2-8,10,13,15,17H,9,11-12H2,1H3,(H,25,26)/t13-,15-,17+/m1/s1. The van der Waals surface area contributed by atoms with E-state index >= 15 is 0 Å². The molecule has 150 valence electrons. The van der Waals surface area contributed by atoms with Crippen molar-refractivity contribution in [1.82, 2.24) is 10.3 Å². The van der Waals surface area contributed by atoms with E-state index in [-0.39, 0.29) is 29.7 Å². The van der Waals surface area contributed by atoms with Crippen LogP contribution >= 0.6 is 0 Å². The second kappa shape index (κ2) is 8.50. The van der Waals surface area contributed by atoms with E-state index in [2.05, 4.69) is 15.0 Å². The molecule has 0 radical (unpaired) electrons. The van der Waals surface area contributed by atoms with Gasteiger partial charge < -0.3 is 14.8 Å². The van der Waals surface area contributed by atoms with Crippen LogP contribution in [0, 0.1) is 11.8 Å². The maximum Gasteiger partial charge on any atom is 0.422 e. The number of nitrogens with zero attached hydrogens (tertiary/aromatic N) is 1. The van der Waals surface area contributed by atoms with Gasteiger partial charge in [0.05, 0.1) is 12.6 Å². The number of para-hydroxylation sites is 1. The van der Waals surface area contributed by atoms with E-state index in [0.29, 0.717) is 12.2 Å². The van der Waals surface area contributed by atoms with Gasteiger partial charge in [-0.3, -0.25) is 4.79 Å². The van der Waals surface area contributed by atoms with E-state index in [9.17, 15) is 18.0 Å². The van der Waals surface area contributed by atoms with Gasteiger partial charge in [-0.05, 0) is 31.0 Å². The summed E-state index contributed by atoms with van der Waals surface area (Å²) >= 11 is 0. The number of carbonyl (C=O) groups is 1. The van der Waals surface area contributed by atoms with Crippen LogP contribution in [0.1, 0.15) is 24.9 Å². The number of hydrogen-bond donors (Lipinski definition) is 1. The van der Waals surface area contributed by atoms with Gasteiger partial charge in [-0.15, -0.1) is 0 Å². The van der Waals surface area contributed by atoms with Gasteiger partial charge in [-0.2, -0.15) is 13.2 Å². The van der Waals surface area contributed by atoms with E-state index < -0.39 is 12.8 Å². The normalized spacial score (nSPS) is 19.6. The van der Waals surface area contributed by atoms with Crippen molar-refractivity contribution in [2.45, 2.75) is 25.6 Å². The Balaban J connectivity index is 1.43. The number of pyridine rings is 1. The maximum atomic E-state index is 12.4. The van der Waals surface area contributed by atoms with E-state index in [1.54, 1.807) is 13.0 Å². The number of halogens is 3. The lowest BCUT2D eigenvalue weighted by molar-refractivity contribution is -0.154. The largest absolute Gasteiger partial charge is 0.493 e. The minimum Gasteiger partial charge on any atom is -0.493 e. The minimum atomic E-state index is -4.41. The quantitative estimate of drug-likeness (QED) is 0.737. The summed E-state index contributed by atoms with van der Waals surface area (Å²) in [6.07, 6.45) is -2.24. The first-order valence-corrected chi connectivity index (χ1v) is 8.95. The highest BCUT2D eigenvalue weighted by atomic mass is 19.4. The van der Waals surface area contributed by atoms with Gasteiger partial charge in [-0.25, -0.2) is 4.98 Å². The molecule has 1 amide bonds. The Morgan fingerprint density at radius 3 is 2.61 bits per heavy atom. The topological polar surface area (TPSA) is 60.5 Å². The fraction of sp³-hybridized carbons (Fsp3) is 0.400. The molecule has 1 heterocycles. The third kappa shape index (κ3) is 5.87. The summed E-state index contributed by atoms with van der Waals surface area (Å²) < 4.78 is 46.7. The zero-order chi connectivity index (χ0) is 20.1. The van der Waals surface area contributed by atoms with Crippen LogP contribution in [-0.2, 0) is 4.79 Å². The Morgan fingerprint density at radius 2 is 1.96 bits per heavy atom. The van der Waals surface area contributed by atoms with Crippen LogP contribution < -0.4 is 14.8 Å². The number of amides is 1. The molecule has 3 rings (SSSR count). The van der Waals surface area contributed by atoms with Crippen LogP contribution in [0.2, 0.25) is 0 Å². The van der Waals surface area contributed by atoms with Crippen molar-refractivity contribution in [3.05, 3.63) is 54.2 Å². The van der Waals surface area contributed by atoms with Crippen LogP contribution in [0.4, 0.5) is 13.2 Å². The Morgan fingerprint density at radius 1 is 1.21 bits per heavy atom. The van der Waals surface area contributed by atoms with Gasteiger partial charge in [-0.1, -0.05) is 24.3 Å². The number of alkyl halides is 3. The highest BCUT2D eigenvalue weighted by Crippen LogP contribution is 2.39. The number of aromatic nitrogens is 1. The highest BCUT2D eigenvalue weighted by molar-refractivity contribution is 5.81. The average molecular weight is 394 g/mol. The van der Waals surface area contributed by atoms with Crippen LogP contribution in [0.25, 0.3) is 0 Å². The van der Waals surface area contributed by atoms with E-state index in [0.717, 1.165) is 12.2 Å². The van der Waals surface area contributed by atoms with Gasteiger partial charge in [0.15, 0.2) is 6.61 Å². The van der Waals surface area contributed by atoms with Crippen molar-refractivity contribution < 1.29 is 27.4 Å². The van der Waals surface area contributed by atoms with Gasteiger partial charge in [0.2, 0.25) is 11.8 Å². The van der Waals surface area contributed by atoms with Crippen molar-refractivity contribution in [3.8, 4) is 11.6 Å². The predicted molar refractivity (Wildman–Crippen MR) is 95.9 cm³/mol. The molecular weight excluding hydrogens is 373 g/mol. The lowest BCUT2D eigenvalue weighted by Gasteiger charge is -2.15. The number of carbonyl (C=O) groups excluding carboxylic acids is 1. The molecule has 1 aliphatic carbocycles. The monoisotopic (exact) mass is 394 g/mol. The Labute approximate surface area is 160 Å². The fourth-order valence-corrected chi connectivity index (χ4v) is 2.77. The molecular formula is C20H21F3N2O3. The molecule has 0 saturated heterocycles. The predicted octanol–water partition coefficient (Wildman–Crippen LogP) is 3.92. The first-order valence-electron chi connectivity index (χ1n) is 8.95. The SMILES string of the molecule is C[C@@H](NC(=O)[C@H]1C[C@@H]1COc1ccccc1)c1ccc(OCC(F)(F)F)nc1. The summed E-state index contributed by atoms with van der Waals surface area (Å²) in [6, 6.07) is 12.1. The average Bonchev–Trinajstić information content (AvgIpc) is 3.45. The van der Waals surface area contributed by atoms with Crippen molar-refractivity contribution in [1.29, 1.82) is 0 Å². The summed E-state index contributed by atoms with van der Waals surface area (Å²) in [7, 11) is 0. The van der Waals surface area contributed by atoms with Gasteiger partial charge in [0.25, 0.3) is 0 Å². The molecule has 0 bridgehead atoms.